The number of carbonyl (C=O) groups is 1. The van der Waals surface area contributed by atoms with Gasteiger partial charge in [-0.3, -0.25) is 4.90 Å². The fourth-order valence-corrected chi connectivity index (χ4v) is 3.12. The monoisotopic (exact) mass is 400 g/mol. The molecule has 2 heterocycles. The molecule has 0 N–H and O–H groups in total. The van der Waals surface area contributed by atoms with E-state index in [0.29, 0.717) is 23.2 Å². The summed E-state index contributed by atoms with van der Waals surface area (Å²) in [6.45, 7) is 6.15. The smallest absolute Gasteiger partial charge is 0.414 e. The fraction of sp³-hybridized carbons (Fsp3) is 0.364. The molecule has 0 aliphatic carbocycles. The average molecular weight is 401 g/mol. The second kappa shape index (κ2) is 8.65. The highest BCUT2D eigenvalue weighted by atomic mass is 35.5. The molecule has 0 fully saturated rings. The molecule has 1 unspecified atom stereocenters. The average Bonchev–Trinajstić information content (AvgIpc) is 2.89. The number of halogens is 1. The number of hydrogen-bond acceptors (Lipinski definition) is 4. The van der Waals surface area contributed by atoms with Gasteiger partial charge in [0.05, 0.1) is 5.02 Å². The second-order valence-electron chi connectivity index (χ2n) is 7.75. The van der Waals surface area contributed by atoms with Gasteiger partial charge in [-0.25, -0.2) is 9.78 Å². The lowest BCUT2D eigenvalue weighted by molar-refractivity contribution is 0.0328. The van der Waals surface area contributed by atoms with E-state index in [1.165, 1.54) is 0 Å². The molecule has 0 spiro atoms. The third-order valence-corrected chi connectivity index (χ3v) is 4.61. The van der Waals surface area contributed by atoms with Crippen LogP contribution in [0.25, 0.3) is 0 Å². The summed E-state index contributed by atoms with van der Waals surface area (Å²) in [5.74, 6) is 1.22. The van der Waals surface area contributed by atoms with Gasteiger partial charge in [-0.2, -0.15) is 0 Å². The van der Waals surface area contributed by atoms with Crippen molar-refractivity contribution in [1.29, 1.82) is 0 Å². The topological polar surface area (TPSA) is 51.7 Å². The van der Waals surface area contributed by atoms with Gasteiger partial charge in [-0.1, -0.05) is 35.9 Å². The van der Waals surface area contributed by atoms with Crippen molar-refractivity contribution in [3.05, 3.63) is 65.5 Å². The summed E-state index contributed by atoms with van der Waals surface area (Å²) in [5, 5.41) is 0.538. The van der Waals surface area contributed by atoms with Gasteiger partial charge in [0.15, 0.2) is 0 Å². The maximum absolute atomic E-state index is 12.4. The Hall–Kier alpha value is -2.53. The van der Waals surface area contributed by atoms with Crippen LogP contribution in [0.4, 0.5) is 4.79 Å². The van der Waals surface area contributed by atoms with E-state index in [0.717, 1.165) is 18.4 Å². The van der Waals surface area contributed by atoms with Crippen molar-refractivity contribution in [2.75, 3.05) is 6.54 Å². The van der Waals surface area contributed by atoms with Gasteiger partial charge in [-0.15, -0.1) is 0 Å². The van der Waals surface area contributed by atoms with Gasteiger partial charge < -0.3 is 9.47 Å². The lowest BCUT2D eigenvalue weighted by atomic mass is 9.96. The molecule has 1 aliphatic heterocycles. The molecule has 1 aliphatic rings. The molecule has 2 aromatic rings. The molecule has 5 nitrogen and oxygen atoms in total. The standard InChI is InChI=1S/C22H25ClN2O3/c1-22(2,3)28-21(26)25-13-7-6-8-17(15-25)16-11-12-20(24-14-16)27-19-10-5-4-9-18(19)23/h4-5,7,9-14,17H,6,8,15H2,1-3H3. The van der Waals surface area contributed by atoms with E-state index < -0.39 is 5.60 Å². The van der Waals surface area contributed by atoms with Crippen LogP contribution in [0, 0.1) is 0 Å². The van der Waals surface area contributed by atoms with Crippen molar-refractivity contribution in [2.24, 2.45) is 0 Å². The third kappa shape index (κ3) is 5.49. The van der Waals surface area contributed by atoms with Gasteiger partial charge in [0.25, 0.3) is 0 Å². The van der Waals surface area contributed by atoms with Gasteiger partial charge >= 0.3 is 6.09 Å². The van der Waals surface area contributed by atoms with Crippen LogP contribution in [0.5, 0.6) is 11.6 Å². The van der Waals surface area contributed by atoms with E-state index in [9.17, 15) is 4.79 Å². The zero-order valence-electron chi connectivity index (χ0n) is 16.4. The largest absolute Gasteiger partial charge is 0.443 e. The zero-order chi connectivity index (χ0) is 20.1. The lowest BCUT2D eigenvalue weighted by Gasteiger charge is -2.27. The molecule has 0 saturated heterocycles. The Morgan fingerprint density at radius 2 is 2.00 bits per heavy atom. The van der Waals surface area contributed by atoms with Gasteiger partial charge in [0.2, 0.25) is 5.88 Å². The Morgan fingerprint density at radius 1 is 1.21 bits per heavy atom. The summed E-state index contributed by atoms with van der Waals surface area (Å²) in [4.78, 5) is 18.5. The SMILES string of the molecule is CC(C)(C)OC(=O)N1C=CCCC(c2ccc(Oc3ccccc3Cl)nc2)C1. The molecular formula is C22H25ClN2O3. The molecule has 1 amide bonds. The first-order chi connectivity index (χ1) is 13.3. The highest BCUT2D eigenvalue weighted by Crippen LogP contribution is 2.30. The van der Waals surface area contributed by atoms with E-state index in [1.807, 2.05) is 57.3 Å². The van der Waals surface area contributed by atoms with Crippen molar-refractivity contribution in [2.45, 2.75) is 45.1 Å². The Kier molecular flexibility index (Phi) is 6.25. The normalized spacial score (nSPS) is 17.1. The maximum Gasteiger partial charge on any atom is 0.414 e. The first-order valence-electron chi connectivity index (χ1n) is 9.36. The van der Waals surface area contributed by atoms with E-state index in [-0.39, 0.29) is 12.0 Å². The number of allylic oxidation sites excluding steroid dienone is 1. The minimum absolute atomic E-state index is 0.171. The molecule has 1 aromatic heterocycles. The highest BCUT2D eigenvalue weighted by Gasteiger charge is 2.25. The zero-order valence-corrected chi connectivity index (χ0v) is 17.1. The molecule has 1 atom stereocenters. The predicted octanol–water partition coefficient (Wildman–Crippen LogP) is 6.16. The van der Waals surface area contributed by atoms with Crippen LogP contribution in [0.15, 0.2) is 54.9 Å². The summed E-state index contributed by atoms with van der Waals surface area (Å²) in [7, 11) is 0. The number of hydrogen-bond donors (Lipinski definition) is 0. The van der Waals surface area contributed by atoms with E-state index in [4.69, 9.17) is 21.1 Å². The van der Waals surface area contributed by atoms with Crippen molar-refractivity contribution in [1.82, 2.24) is 9.88 Å². The Labute approximate surface area is 170 Å². The fourth-order valence-electron chi connectivity index (χ4n) is 2.95. The number of para-hydroxylation sites is 1. The number of nitrogens with zero attached hydrogens (tertiary/aromatic N) is 2. The molecule has 6 heteroatoms. The van der Waals surface area contributed by atoms with Crippen molar-refractivity contribution >= 4 is 17.7 Å². The summed E-state index contributed by atoms with van der Waals surface area (Å²) < 4.78 is 11.3. The predicted molar refractivity (Wildman–Crippen MR) is 110 cm³/mol. The van der Waals surface area contributed by atoms with E-state index in [1.54, 1.807) is 23.2 Å². The lowest BCUT2D eigenvalue weighted by Crippen LogP contribution is -2.35. The number of amides is 1. The number of pyridine rings is 1. The number of benzene rings is 1. The Morgan fingerprint density at radius 3 is 2.68 bits per heavy atom. The first kappa shape index (κ1) is 20.2. The Balaban J connectivity index is 1.69. The molecule has 28 heavy (non-hydrogen) atoms. The van der Waals surface area contributed by atoms with Crippen molar-refractivity contribution in [3.63, 3.8) is 0 Å². The first-order valence-corrected chi connectivity index (χ1v) is 9.74. The summed E-state index contributed by atoms with van der Waals surface area (Å²) in [5.41, 5.74) is 0.537. The number of ether oxygens (including phenoxy) is 2. The number of rotatable bonds is 3. The van der Waals surface area contributed by atoms with Crippen LogP contribution in [-0.4, -0.2) is 28.1 Å². The van der Waals surface area contributed by atoms with Crippen LogP contribution in [0.2, 0.25) is 5.02 Å². The van der Waals surface area contributed by atoms with Crippen molar-refractivity contribution < 1.29 is 14.3 Å². The summed E-state index contributed by atoms with van der Waals surface area (Å²) >= 11 is 6.13. The molecule has 3 rings (SSSR count). The molecule has 0 radical (unpaired) electrons. The van der Waals surface area contributed by atoms with Gasteiger partial charge in [-0.05, 0) is 51.3 Å². The van der Waals surface area contributed by atoms with Gasteiger partial charge in [0, 0.05) is 30.9 Å². The number of carbonyl (C=O) groups excluding carboxylic acids is 1. The van der Waals surface area contributed by atoms with Crippen molar-refractivity contribution in [3.8, 4) is 11.6 Å². The molecule has 1 aromatic carbocycles. The molecule has 0 bridgehead atoms. The summed E-state index contributed by atoms with van der Waals surface area (Å²) in [6.07, 6.45) is 7.12. The molecule has 0 saturated carbocycles. The van der Waals surface area contributed by atoms with Crippen LogP contribution in [0.1, 0.15) is 45.1 Å². The maximum atomic E-state index is 12.4. The Bertz CT molecular complexity index is 844. The highest BCUT2D eigenvalue weighted by molar-refractivity contribution is 6.32. The second-order valence-corrected chi connectivity index (χ2v) is 8.16. The van der Waals surface area contributed by atoms with E-state index in [2.05, 4.69) is 4.98 Å². The summed E-state index contributed by atoms with van der Waals surface area (Å²) in [6, 6.07) is 11.1. The van der Waals surface area contributed by atoms with Crippen LogP contribution in [0.3, 0.4) is 0 Å². The van der Waals surface area contributed by atoms with Gasteiger partial charge in [0.1, 0.15) is 11.4 Å². The van der Waals surface area contributed by atoms with E-state index >= 15 is 0 Å². The van der Waals surface area contributed by atoms with Crippen LogP contribution in [-0.2, 0) is 4.74 Å². The molecular weight excluding hydrogens is 376 g/mol. The minimum atomic E-state index is -0.522. The third-order valence-electron chi connectivity index (χ3n) is 4.29. The minimum Gasteiger partial charge on any atom is -0.443 e. The quantitative estimate of drug-likeness (QED) is 0.619. The molecule has 148 valence electrons. The van der Waals surface area contributed by atoms with Crippen LogP contribution < -0.4 is 4.74 Å². The number of aromatic nitrogens is 1. The van der Waals surface area contributed by atoms with Crippen LogP contribution >= 0.6 is 11.6 Å².